The van der Waals surface area contributed by atoms with Gasteiger partial charge >= 0.3 is 0 Å². The Morgan fingerprint density at radius 2 is 1.69 bits per heavy atom. The van der Waals surface area contributed by atoms with Gasteiger partial charge in [-0.25, -0.2) is 8.78 Å². The van der Waals surface area contributed by atoms with Gasteiger partial charge in [0.05, 0.1) is 6.54 Å². The highest BCUT2D eigenvalue weighted by molar-refractivity contribution is 5.93. The Balaban J connectivity index is 1.49. The second-order valence-corrected chi connectivity index (χ2v) is 6.75. The van der Waals surface area contributed by atoms with Crippen molar-refractivity contribution in [2.75, 3.05) is 35.2 Å². The third kappa shape index (κ3) is 4.71. The van der Waals surface area contributed by atoms with E-state index >= 15 is 0 Å². The molecule has 0 aliphatic carbocycles. The fraction of sp³-hybridized carbons (Fsp3) is 0.350. The third-order valence-corrected chi connectivity index (χ3v) is 4.67. The zero-order valence-corrected chi connectivity index (χ0v) is 14.8. The molecule has 138 valence electrons. The quantitative estimate of drug-likeness (QED) is 0.839. The van der Waals surface area contributed by atoms with Crippen LogP contribution in [0.3, 0.4) is 0 Å². The molecule has 26 heavy (non-hydrogen) atoms. The van der Waals surface area contributed by atoms with E-state index in [0.29, 0.717) is 0 Å². The molecule has 1 fully saturated rings. The Morgan fingerprint density at radius 1 is 1.04 bits per heavy atom. The molecule has 0 bridgehead atoms. The maximum absolute atomic E-state index is 13.1. The number of carbonyl (C=O) groups is 1. The van der Waals surface area contributed by atoms with Crippen molar-refractivity contribution in [3.63, 3.8) is 0 Å². The summed E-state index contributed by atoms with van der Waals surface area (Å²) >= 11 is 0. The third-order valence-electron chi connectivity index (χ3n) is 4.67. The summed E-state index contributed by atoms with van der Waals surface area (Å²) < 4.78 is 26.0. The maximum atomic E-state index is 13.1. The van der Waals surface area contributed by atoms with Gasteiger partial charge in [0.2, 0.25) is 5.91 Å². The molecule has 1 amide bonds. The molecular weight excluding hydrogens is 336 g/mol. The number of rotatable bonds is 5. The van der Waals surface area contributed by atoms with Crippen molar-refractivity contribution < 1.29 is 13.6 Å². The molecule has 6 heteroatoms. The molecule has 1 aliphatic heterocycles. The first-order valence-corrected chi connectivity index (χ1v) is 8.85. The lowest BCUT2D eigenvalue weighted by molar-refractivity contribution is -0.114. The second kappa shape index (κ2) is 8.17. The maximum Gasteiger partial charge on any atom is 0.243 e. The minimum atomic E-state index is -0.988. The molecule has 0 radical (unpaired) electrons. The molecule has 0 unspecified atom stereocenters. The molecule has 0 atom stereocenters. The summed E-state index contributed by atoms with van der Waals surface area (Å²) in [4.78, 5) is 14.3. The number of carbonyl (C=O) groups excluding carboxylic acids is 1. The largest absolute Gasteiger partial charge is 0.376 e. The Kier molecular flexibility index (Phi) is 5.71. The van der Waals surface area contributed by atoms with Crippen LogP contribution < -0.4 is 15.5 Å². The number of halogens is 2. The lowest BCUT2D eigenvalue weighted by Crippen LogP contribution is -2.32. The van der Waals surface area contributed by atoms with E-state index in [2.05, 4.69) is 22.5 Å². The zero-order valence-electron chi connectivity index (χ0n) is 14.8. The number of amides is 1. The monoisotopic (exact) mass is 359 g/mol. The van der Waals surface area contributed by atoms with Crippen LogP contribution in [0.15, 0.2) is 42.5 Å². The van der Waals surface area contributed by atoms with E-state index in [-0.39, 0.29) is 18.1 Å². The van der Waals surface area contributed by atoms with Crippen LogP contribution in [0.5, 0.6) is 0 Å². The number of nitrogens with one attached hydrogen (secondary N) is 2. The minimum absolute atomic E-state index is 0.0412. The second-order valence-electron chi connectivity index (χ2n) is 6.75. The van der Waals surface area contributed by atoms with Gasteiger partial charge in [-0.15, -0.1) is 0 Å². The smallest absolute Gasteiger partial charge is 0.243 e. The van der Waals surface area contributed by atoms with Gasteiger partial charge in [0.25, 0.3) is 0 Å². The van der Waals surface area contributed by atoms with Crippen molar-refractivity contribution in [1.82, 2.24) is 0 Å². The van der Waals surface area contributed by atoms with Crippen LogP contribution in [0.2, 0.25) is 0 Å². The standard InChI is InChI=1S/C20H23F2N3O/c1-14-8-10-25(11-9-14)17-5-2-15(3-6-17)23-13-20(26)24-16-4-7-18(21)19(22)12-16/h2-7,12,14,23H,8-11,13H2,1H3,(H,24,26). The topological polar surface area (TPSA) is 44.4 Å². The van der Waals surface area contributed by atoms with Gasteiger partial charge in [-0.05, 0) is 55.2 Å². The number of piperidine rings is 1. The Labute approximate surface area is 152 Å². The Bertz CT molecular complexity index is 756. The first kappa shape index (κ1) is 18.2. The average Bonchev–Trinajstić information content (AvgIpc) is 2.64. The molecule has 3 rings (SSSR count). The van der Waals surface area contributed by atoms with Gasteiger partial charge in [-0.1, -0.05) is 6.92 Å². The van der Waals surface area contributed by atoms with Gasteiger partial charge in [-0.3, -0.25) is 4.79 Å². The molecule has 4 nitrogen and oxygen atoms in total. The average molecular weight is 359 g/mol. The predicted molar refractivity (Wildman–Crippen MR) is 101 cm³/mol. The first-order valence-electron chi connectivity index (χ1n) is 8.85. The highest BCUT2D eigenvalue weighted by atomic mass is 19.2. The lowest BCUT2D eigenvalue weighted by Gasteiger charge is -2.32. The molecule has 2 N–H and O–H groups in total. The van der Waals surface area contributed by atoms with Gasteiger partial charge in [0, 0.05) is 36.2 Å². The van der Waals surface area contributed by atoms with E-state index in [1.165, 1.54) is 24.6 Å². The van der Waals surface area contributed by atoms with Gasteiger partial charge in [0.15, 0.2) is 11.6 Å². The molecule has 2 aromatic rings. The van der Waals surface area contributed by atoms with E-state index in [0.717, 1.165) is 36.8 Å². The van der Waals surface area contributed by atoms with Crippen molar-refractivity contribution in [3.05, 3.63) is 54.1 Å². The lowest BCUT2D eigenvalue weighted by atomic mass is 9.99. The highest BCUT2D eigenvalue weighted by Gasteiger charge is 2.15. The number of hydrogen-bond acceptors (Lipinski definition) is 3. The molecule has 0 aromatic heterocycles. The fourth-order valence-electron chi connectivity index (χ4n) is 3.02. The van der Waals surface area contributed by atoms with Gasteiger partial charge in [-0.2, -0.15) is 0 Å². The van der Waals surface area contributed by atoms with Crippen LogP contribution in [-0.2, 0) is 4.79 Å². The summed E-state index contributed by atoms with van der Waals surface area (Å²) in [6.07, 6.45) is 2.42. The van der Waals surface area contributed by atoms with Crippen LogP contribution in [0.25, 0.3) is 0 Å². The summed E-state index contributed by atoms with van der Waals surface area (Å²) in [6.45, 7) is 4.48. The van der Waals surface area contributed by atoms with Crippen molar-refractivity contribution >= 4 is 23.0 Å². The van der Waals surface area contributed by atoms with Crippen molar-refractivity contribution in [2.45, 2.75) is 19.8 Å². The fourth-order valence-corrected chi connectivity index (χ4v) is 3.02. The van der Waals surface area contributed by atoms with E-state index < -0.39 is 11.6 Å². The molecule has 1 saturated heterocycles. The number of benzene rings is 2. The summed E-state index contributed by atoms with van der Waals surface area (Å²) in [5.74, 6) is -1.46. The molecule has 2 aromatic carbocycles. The Hall–Kier alpha value is -2.63. The normalized spacial score (nSPS) is 15.0. The van der Waals surface area contributed by atoms with Crippen LogP contribution >= 0.6 is 0 Å². The van der Waals surface area contributed by atoms with E-state index in [9.17, 15) is 13.6 Å². The molecule has 0 saturated carbocycles. The minimum Gasteiger partial charge on any atom is -0.376 e. The molecule has 1 aliphatic rings. The van der Waals surface area contributed by atoms with Crippen LogP contribution in [0.4, 0.5) is 25.8 Å². The number of anilines is 3. The van der Waals surface area contributed by atoms with Gasteiger partial charge in [0.1, 0.15) is 0 Å². The summed E-state index contributed by atoms with van der Waals surface area (Å²) in [6, 6.07) is 11.2. The Morgan fingerprint density at radius 3 is 2.35 bits per heavy atom. The van der Waals surface area contributed by atoms with Crippen LogP contribution in [-0.4, -0.2) is 25.5 Å². The molecule has 1 heterocycles. The van der Waals surface area contributed by atoms with Crippen LogP contribution in [0.1, 0.15) is 19.8 Å². The molecular formula is C20H23F2N3O. The van der Waals surface area contributed by atoms with Crippen LogP contribution in [0, 0.1) is 17.6 Å². The van der Waals surface area contributed by atoms with E-state index in [4.69, 9.17) is 0 Å². The van der Waals surface area contributed by atoms with E-state index in [1.807, 2.05) is 24.3 Å². The highest BCUT2D eigenvalue weighted by Crippen LogP contribution is 2.24. The van der Waals surface area contributed by atoms with Crippen molar-refractivity contribution in [1.29, 1.82) is 0 Å². The zero-order chi connectivity index (χ0) is 18.5. The summed E-state index contributed by atoms with van der Waals surface area (Å²) in [5.41, 5.74) is 2.25. The summed E-state index contributed by atoms with van der Waals surface area (Å²) in [5, 5.41) is 5.56. The van der Waals surface area contributed by atoms with E-state index in [1.54, 1.807) is 0 Å². The summed E-state index contributed by atoms with van der Waals surface area (Å²) in [7, 11) is 0. The number of hydrogen-bond donors (Lipinski definition) is 2. The number of nitrogens with zero attached hydrogens (tertiary/aromatic N) is 1. The molecule has 0 spiro atoms. The van der Waals surface area contributed by atoms with Crippen molar-refractivity contribution in [3.8, 4) is 0 Å². The first-order chi connectivity index (χ1) is 12.5. The SMILES string of the molecule is CC1CCN(c2ccc(NCC(=O)Nc3ccc(F)c(F)c3)cc2)CC1. The van der Waals surface area contributed by atoms with Crippen molar-refractivity contribution in [2.24, 2.45) is 5.92 Å². The predicted octanol–water partition coefficient (Wildman–Crippen LogP) is 4.25. The van der Waals surface area contributed by atoms with Gasteiger partial charge < -0.3 is 15.5 Å².